The maximum atomic E-state index is 2.48. The van der Waals surface area contributed by atoms with E-state index in [1.807, 2.05) is 0 Å². The molecule has 1 aliphatic rings. The molecule has 274 valence electrons. The summed E-state index contributed by atoms with van der Waals surface area (Å²) >= 11 is 0. The molecule has 1 aliphatic carbocycles. The van der Waals surface area contributed by atoms with Crippen LogP contribution in [0.25, 0.3) is 76.8 Å². The van der Waals surface area contributed by atoms with Crippen molar-refractivity contribution in [3.63, 3.8) is 0 Å². The molecular weight excluding hydrogens is 699 g/mol. The lowest BCUT2D eigenvalue weighted by Crippen LogP contribution is -2.17. The van der Waals surface area contributed by atoms with Crippen LogP contribution in [0.1, 0.15) is 25.0 Å². The van der Waals surface area contributed by atoms with E-state index in [9.17, 15) is 0 Å². The lowest BCUT2D eigenvalue weighted by atomic mass is 9.82. The number of fused-ring (bicyclic) bond motifs is 7. The van der Waals surface area contributed by atoms with Crippen molar-refractivity contribution < 1.29 is 0 Å². The summed E-state index contributed by atoms with van der Waals surface area (Å²) in [4.78, 5) is 2.48. The minimum Gasteiger partial charge on any atom is -0.310 e. The molecule has 0 saturated carbocycles. The van der Waals surface area contributed by atoms with Gasteiger partial charge in [-0.25, -0.2) is 0 Å². The summed E-state index contributed by atoms with van der Waals surface area (Å²) in [7, 11) is 0. The van der Waals surface area contributed by atoms with E-state index in [1.165, 1.54) is 88.0 Å². The Kier molecular flexibility index (Phi) is 7.91. The Morgan fingerprint density at radius 2 is 0.879 bits per heavy atom. The molecule has 0 radical (unpaired) electrons. The maximum absolute atomic E-state index is 2.48. The molecule has 58 heavy (non-hydrogen) atoms. The molecule has 0 heterocycles. The Balaban J connectivity index is 1.14. The highest BCUT2D eigenvalue weighted by Crippen LogP contribution is 2.52. The van der Waals surface area contributed by atoms with Gasteiger partial charge < -0.3 is 4.90 Å². The molecule has 0 amide bonds. The second-order valence-corrected chi connectivity index (χ2v) is 16.1. The van der Waals surface area contributed by atoms with Crippen LogP contribution in [0.2, 0.25) is 0 Å². The Labute approximate surface area is 340 Å². The van der Waals surface area contributed by atoms with Crippen molar-refractivity contribution in [3.05, 3.63) is 223 Å². The molecule has 0 unspecified atom stereocenters. The van der Waals surface area contributed by atoms with Gasteiger partial charge in [0.2, 0.25) is 0 Å². The van der Waals surface area contributed by atoms with E-state index in [0.717, 1.165) is 17.1 Å². The van der Waals surface area contributed by atoms with Crippen molar-refractivity contribution in [2.75, 3.05) is 4.90 Å². The maximum Gasteiger partial charge on any atom is 0.0546 e. The first kappa shape index (κ1) is 34.1. The van der Waals surface area contributed by atoms with Gasteiger partial charge in [0.15, 0.2) is 0 Å². The lowest BCUT2D eigenvalue weighted by Gasteiger charge is -2.30. The van der Waals surface area contributed by atoms with E-state index in [-0.39, 0.29) is 5.41 Å². The topological polar surface area (TPSA) is 3.24 Å². The van der Waals surface area contributed by atoms with E-state index in [0.29, 0.717) is 0 Å². The van der Waals surface area contributed by atoms with Gasteiger partial charge in [-0.2, -0.15) is 0 Å². The fourth-order valence-corrected chi connectivity index (χ4v) is 9.56. The highest BCUT2D eigenvalue weighted by molar-refractivity contribution is 6.14. The van der Waals surface area contributed by atoms with Crippen molar-refractivity contribution in [1.82, 2.24) is 0 Å². The lowest BCUT2D eigenvalue weighted by molar-refractivity contribution is 0.660. The van der Waals surface area contributed by atoms with E-state index in [1.54, 1.807) is 0 Å². The molecule has 0 saturated heterocycles. The van der Waals surface area contributed by atoms with Crippen LogP contribution >= 0.6 is 0 Å². The Hall–Kier alpha value is -7.22. The average Bonchev–Trinajstić information content (AvgIpc) is 3.51. The van der Waals surface area contributed by atoms with Gasteiger partial charge in [-0.3, -0.25) is 0 Å². The first-order chi connectivity index (χ1) is 28.5. The summed E-state index contributed by atoms with van der Waals surface area (Å²) in [6.45, 7) is 4.73. The third-order valence-corrected chi connectivity index (χ3v) is 12.5. The van der Waals surface area contributed by atoms with Gasteiger partial charge in [-0.05, 0) is 119 Å². The normalized spacial score (nSPS) is 12.8. The minimum atomic E-state index is -0.137. The second-order valence-electron chi connectivity index (χ2n) is 16.1. The van der Waals surface area contributed by atoms with Crippen LogP contribution in [-0.2, 0) is 5.41 Å². The molecule has 0 fully saturated rings. The number of anilines is 3. The zero-order valence-electron chi connectivity index (χ0n) is 32.7. The SMILES string of the molecule is CC1(C)c2ccccc2-c2ccc(N(c3ccc(-c4cc5ccccc5c5ccccc45)cc3)c3cc(-c4cccc5ccccc45)ccc3-c3ccccc3)cc21. The minimum absolute atomic E-state index is 0.137. The molecule has 10 aromatic rings. The van der Waals surface area contributed by atoms with Crippen LogP contribution in [0.4, 0.5) is 17.1 Å². The molecule has 11 rings (SSSR count). The van der Waals surface area contributed by atoms with Crippen molar-refractivity contribution in [2.45, 2.75) is 19.3 Å². The van der Waals surface area contributed by atoms with Gasteiger partial charge in [0.1, 0.15) is 0 Å². The molecule has 0 atom stereocenters. The zero-order chi connectivity index (χ0) is 38.8. The first-order valence-electron chi connectivity index (χ1n) is 20.3. The van der Waals surface area contributed by atoms with Gasteiger partial charge >= 0.3 is 0 Å². The van der Waals surface area contributed by atoms with Gasteiger partial charge in [-0.15, -0.1) is 0 Å². The third kappa shape index (κ3) is 5.46. The average molecular weight is 740 g/mol. The monoisotopic (exact) mass is 739 g/mol. The van der Waals surface area contributed by atoms with E-state index in [2.05, 4.69) is 231 Å². The van der Waals surface area contributed by atoms with Crippen molar-refractivity contribution in [2.24, 2.45) is 0 Å². The van der Waals surface area contributed by atoms with Crippen LogP contribution in [0.3, 0.4) is 0 Å². The van der Waals surface area contributed by atoms with Crippen LogP contribution in [0.15, 0.2) is 212 Å². The highest BCUT2D eigenvalue weighted by Gasteiger charge is 2.36. The van der Waals surface area contributed by atoms with Gasteiger partial charge in [0.05, 0.1) is 5.69 Å². The fourth-order valence-electron chi connectivity index (χ4n) is 9.56. The predicted molar refractivity (Wildman–Crippen MR) is 248 cm³/mol. The van der Waals surface area contributed by atoms with Crippen LogP contribution < -0.4 is 4.90 Å². The van der Waals surface area contributed by atoms with E-state index < -0.39 is 0 Å². The molecule has 10 aromatic carbocycles. The summed E-state index contributed by atoms with van der Waals surface area (Å²) in [5, 5.41) is 7.56. The van der Waals surface area contributed by atoms with Crippen LogP contribution in [-0.4, -0.2) is 0 Å². The molecule has 0 spiro atoms. The second kappa shape index (κ2) is 13.5. The molecule has 0 N–H and O–H groups in total. The molecule has 0 bridgehead atoms. The Morgan fingerprint density at radius 3 is 1.71 bits per heavy atom. The van der Waals surface area contributed by atoms with Crippen molar-refractivity contribution in [1.29, 1.82) is 0 Å². The van der Waals surface area contributed by atoms with Gasteiger partial charge in [0.25, 0.3) is 0 Å². The summed E-state index contributed by atoms with van der Waals surface area (Å²) in [6.07, 6.45) is 0. The fraction of sp³-hybridized carbons (Fsp3) is 0.0526. The molecule has 0 aliphatic heterocycles. The van der Waals surface area contributed by atoms with E-state index >= 15 is 0 Å². The summed E-state index contributed by atoms with van der Waals surface area (Å²) in [5.41, 5.74) is 15.8. The molecule has 0 aromatic heterocycles. The number of hydrogen-bond donors (Lipinski definition) is 0. The largest absolute Gasteiger partial charge is 0.310 e. The summed E-state index contributed by atoms with van der Waals surface area (Å²) in [6, 6.07) is 78.3. The molecular formula is C57H41N. The van der Waals surface area contributed by atoms with Crippen LogP contribution in [0, 0.1) is 0 Å². The standard InChI is InChI=1S/C57H41N/c1-57(2)54-26-13-12-24-51(54)52-34-32-44(37-55(52)57)58(43-30-27-40(28-31-43)53-35-41-18-7-9-21-47(41)49-22-10-11-23-50(49)53)56-36-42(29-33-48(56)39-15-4-3-5-16-39)46-25-14-19-38-17-6-8-20-45(38)46/h3-37H,1-2H3. The quantitative estimate of drug-likeness (QED) is 0.154. The smallest absolute Gasteiger partial charge is 0.0546 e. The Bertz CT molecular complexity index is 3180. The highest BCUT2D eigenvalue weighted by atomic mass is 15.1. The van der Waals surface area contributed by atoms with Crippen molar-refractivity contribution in [3.8, 4) is 44.5 Å². The summed E-state index contributed by atoms with van der Waals surface area (Å²) < 4.78 is 0. The Morgan fingerprint density at radius 1 is 0.310 bits per heavy atom. The number of rotatable bonds is 6. The third-order valence-electron chi connectivity index (χ3n) is 12.5. The van der Waals surface area contributed by atoms with Crippen molar-refractivity contribution >= 4 is 49.4 Å². The van der Waals surface area contributed by atoms with Gasteiger partial charge in [0, 0.05) is 22.4 Å². The number of hydrogen-bond acceptors (Lipinski definition) is 1. The van der Waals surface area contributed by atoms with E-state index in [4.69, 9.17) is 0 Å². The molecule has 1 heteroatoms. The predicted octanol–water partition coefficient (Wildman–Crippen LogP) is 15.9. The molecule has 1 nitrogen and oxygen atoms in total. The van der Waals surface area contributed by atoms with Gasteiger partial charge in [-0.1, -0.05) is 190 Å². The van der Waals surface area contributed by atoms with Crippen LogP contribution in [0.5, 0.6) is 0 Å². The number of benzene rings is 10. The number of nitrogens with zero attached hydrogens (tertiary/aromatic N) is 1. The zero-order valence-corrected chi connectivity index (χ0v) is 32.7. The summed E-state index contributed by atoms with van der Waals surface area (Å²) in [5.74, 6) is 0. The first-order valence-corrected chi connectivity index (χ1v) is 20.3.